The van der Waals surface area contributed by atoms with E-state index in [2.05, 4.69) is 4.90 Å². The Hall–Kier alpha value is -2.61. The molecule has 0 aromatic heterocycles. The molecule has 1 spiro atoms. The minimum Gasteiger partial charge on any atom is -0.495 e. The first-order valence-corrected chi connectivity index (χ1v) is 10.9. The zero-order valence-electron chi connectivity index (χ0n) is 17.7. The highest BCUT2D eigenvalue weighted by Crippen LogP contribution is 2.74. The Labute approximate surface area is 180 Å². The van der Waals surface area contributed by atoms with Crippen LogP contribution in [0, 0.1) is 11.3 Å². The summed E-state index contributed by atoms with van der Waals surface area (Å²) in [6.07, 6.45) is 2.61. The lowest BCUT2D eigenvalue weighted by Gasteiger charge is -2.64. The molecule has 1 N–H and O–H groups in total. The number of anilines is 1. The predicted octanol–water partition coefficient (Wildman–Crippen LogP) is 2.19. The molecule has 3 heterocycles. The van der Waals surface area contributed by atoms with Gasteiger partial charge < -0.3 is 14.6 Å². The number of ketones is 1. The number of piperidine rings is 1. The largest absolute Gasteiger partial charge is 0.495 e. The van der Waals surface area contributed by atoms with Crippen molar-refractivity contribution >= 4 is 23.5 Å². The van der Waals surface area contributed by atoms with Gasteiger partial charge in [-0.15, -0.1) is 0 Å². The van der Waals surface area contributed by atoms with Gasteiger partial charge in [0.25, 0.3) is 0 Å². The summed E-state index contributed by atoms with van der Waals surface area (Å²) >= 11 is 0. The SMILES string of the molecule is COC(=O)N1c2c(OC)cccc2[C@]23[C@@H]4CN5CCC[C@@](CC[C@]12C(=O)O)(CC4=O)[C@H]53. The molecule has 5 atom stereocenters. The lowest BCUT2D eigenvalue weighted by atomic mass is 9.41. The molecule has 2 aliphatic carbocycles. The summed E-state index contributed by atoms with van der Waals surface area (Å²) in [6, 6.07) is 5.38. The Bertz CT molecular complexity index is 1040. The van der Waals surface area contributed by atoms with Crippen molar-refractivity contribution in [1.29, 1.82) is 0 Å². The van der Waals surface area contributed by atoms with E-state index < -0.39 is 28.9 Å². The molecule has 164 valence electrons. The van der Waals surface area contributed by atoms with E-state index in [-0.39, 0.29) is 17.2 Å². The van der Waals surface area contributed by atoms with E-state index in [1.165, 1.54) is 19.1 Å². The number of aliphatic carboxylic acids is 1. The van der Waals surface area contributed by atoms with Crippen molar-refractivity contribution in [3.8, 4) is 5.75 Å². The van der Waals surface area contributed by atoms with Gasteiger partial charge in [0, 0.05) is 24.9 Å². The standard InChI is InChI=1S/C23H26N2O6/c1-30-16-6-3-5-13-17(16)25(20(29)31-2)22(19(27)28)9-8-21-7-4-10-24-12-14(15(26)11-21)23(13,22)18(21)24/h3,5-6,14,18H,4,7-12H2,1-2H3,(H,27,28)/t14-,18+,21-,22-,23-/m1/s1. The van der Waals surface area contributed by atoms with Gasteiger partial charge in [0.05, 0.1) is 25.3 Å². The number of Topliss-reactive ketones (excluding diaryl/α,β-unsaturated/α-hetero) is 1. The third-order valence-corrected chi connectivity index (χ3v) is 9.03. The summed E-state index contributed by atoms with van der Waals surface area (Å²) in [7, 11) is 2.78. The van der Waals surface area contributed by atoms with Crippen LogP contribution in [0.4, 0.5) is 10.5 Å². The van der Waals surface area contributed by atoms with E-state index in [9.17, 15) is 19.5 Å². The van der Waals surface area contributed by atoms with Crippen molar-refractivity contribution in [1.82, 2.24) is 4.90 Å². The van der Waals surface area contributed by atoms with E-state index in [0.29, 0.717) is 37.2 Å². The number of carbonyl (C=O) groups excluding carboxylic acids is 2. The van der Waals surface area contributed by atoms with Crippen LogP contribution in [0.2, 0.25) is 0 Å². The van der Waals surface area contributed by atoms with Crippen molar-refractivity contribution in [3.05, 3.63) is 23.8 Å². The summed E-state index contributed by atoms with van der Waals surface area (Å²) in [4.78, 5) is 43.8. The second kappa shape index (κ2) is 5.79. The molecule has 1 aromatic carbocycles. The van der Waals surface area contributed by atoms with Crippen LogP contribution in [-0.2, 0) is 19.7 Å². The predicted molar refractivity (Wildman–Crippen MR) is 109 cm³/mol. The van der Waals surface area contributed by atoms with Gasteiger partial charge in [0.2, 0.25) is 0 Å². The van der Waals surface area contributed by atoms with Crippen LogP contribution in [0.25, 0.3) is 0 Å². The molecule has 3 aliphatic heterocycles. The van der Waals surface area contributed by atoms with Crippen molar-refractivity contribution in [2.75, 3.05) is 32.2 Å². The van der Waals surface area contributed by atoms with Crippen LogP contribution < -0.4 is 9.64 Å². The van der Waals surface area contributed by atoms with Gasteiger partial charge in [-0.2, -0.15) is 0 Å². The maximum atomic E-state index is 13.6. The number of fused-ring (bicyclic) bond motifs is 1. The van der Waals surface area contributed by atoms with Gasteiger partial charge in [0.15, 0.2) is 5.54 Å². The van der Waals surface area contributed by atoms with Gasteiger partial charge >= 0.3 is 12.1 Å². The third kappa shape index (κ3) is 1.79. The molecule has 4 fully saturated rings. The van der Waals surface area contributed by atoms with Gasteiger partial charge in [-0.25, -0.2) is 9.59 Å². The average molecular weight is 426 g/mol. The average Bonchev–Trinajstić information content (AvgIpc) is 3.23. The Morgan fingerprint density at radius 1 is 1.19 bits per heavy atom. The Balaban J connectivity index is 1.76. The zero-order chi connectivity index (χ0) is 21.8. The summed E-state index contributed by atoms with van der Waals surface area (Å²) in [5.74, 6) is -0.983. The number of hydrogen-bond donors (Lipinski definition) is 1. The third-order valence-electron chi connectivity index (χ3n) is 9.03. The first-order chi connectivity index (χ1) is 14.9. The number of carboxylic acids is 1. The number of amides is 1. The molecule has 1 amide bonds. The Kier molecular flexibility index (Phi) is 3.57. The van der Waals surface area contributed by atoms with Gasteiger partial charge in [0.1, 0.15) is 11.5 Å². The lowest BCUT2D eigenvalue weighted by molar-refractivity contribution is -0.163. The normalized spacial score (nSPS) is 39.7. The second-order valence-electron chi connectivity index (χ2n) is 9.76. The lowest BCUT2D eigenvalue weighted by Crippen LogP contribution is -2.78. The summed E-state index contributed by atoms with van der Waals surface area (Å²) in [5, 5.41) is 10.8. The first kappa shape index (κ1) is 19.1. The van der Waals surface area contributed by atoms with Crippen LogP contribution in [0.3, 0.4) is 0 Å². The molecule has 5 aliphatic rings. The summed E-state index contributed by atoms with van der Waals surface area (Å²) in [6.45, 7) is 1.40. The number of methoxy groups -OCH3 is 2. The van der Waals surface area contributed by atoms with E-state index in [1.54, 1.807) is 6.07 Å². The van der Waals surface area contributed by atoms with Crippen molar-refractivity contribution < 1.29 is 29.0 Å². The minimum atomic E-state index is -1.59. The molecular formula is C23H26N2O6. The maximum Gasteiger partial charge on any atom is 0.415 e. The number of para-hydroxylation sites is 1. The van der Waals surface area contributed by atoms with Crippen LogP contribution in [-0.4, -0.2) is 66.7 Å². The highest BCUT2D eigenvalue weighted by Gasteiger charge is 2.84. The van der Waals surface area contributed by atoms with Crippen molar-refractivity contribution in [2.24, 2.45) is 11.3 Å². The molecule has 0 unspecified atom stereocenters. The van der Waals surface area contributed by atoms with Gasteiger partial charge in [-0.05, 0) is 49.3 Å². The summed E-state index contributed by atoms with van der Waals surface area (Å²) < 4.78 is 10.7. The number of carboxylic acid groups (broad SMARTS) is 1. The second-order valence-corrected chi connectivity index (χ2v) is 9.76. The molecule has 8 nitrogen and oxygen atoms in total. The molecule has 31 heavy (non-hydrogen) atoms. The number of hydrogen-bond acceptors (Lipinski definition) is 6. The van der Waals surface area contributed by atoms with Crippen molar-refractivity contribution in [2.45, 2.75) is 49.1 Å². The number of ether oxygens (including phenoxy) is 2. The smallest absolute Gasteiger partial charge is 0.415 e. The molecule has 2 saturated heterocycles. The number of carbonyl (C=O) groups is 3. The Morgan fingerprint density at radius 3 is 2.71 bits per heavy atom. The van der Waals surface area contributed by atoms with Crippen LogP contribution >= 0.6 is 0 Å². The van der Waals surface area contributed by atoms with E-state index in [1.807, 2.05) is 12.1 Å². The minimum absolute atomic E-state index is 0.0955. The van der Waals surface area contributed by atoms with Crippen LogP contribution in [0.1, 0.15) is 37.7 Å². The fourth-order valence-corrected chi connectivity index (χ4v) is 8.35. The molecule has 2 saturated carbocycles. The van der Waals surface area contributed by atoms with Crippen LogP contribution in [0.5, 0.6) is 5.75 Å². The van der Waals surface area contributed by atoms with Crippen LogP contribution in [0.15, 0.2) is 18.2 Å². The number of rotatable bonds is 2. The summed E-state index contributed by atoms with van der Waals surface area (Å²) in [5.41, 5.74) is -1.64. The maximum absolute atomic E-state index is 13.6. The molecule has 0 radical (unpaired) electrons. The zero-order valence-corrected chi connectivity index (χ0v) is 17.7. The molecule has 4 bridgehead atoms. The first-order valence-electron chi connectivity index (χ1n) is 10.9. The van der Waals surface area contributed by atoms with E-state index in [4.69, 9.17) is 9.47 Å². The molecule has 8 heteroatoms. The molecule has 1 aromatic rings. The Morgan fingerprint density at radius 2 is 2.00 bits per heavy atom. The van der Waals surface area contributed by atoms with E-state index in [0.717, 1.165) is 24.9 Å². The van der Waals surface area contributed by atoms with Gasteiger partial charge in [-0.1, -0.05) is 12.1 Å². The fraction of sp³-hybridized carbons (Fsp3) is 0.609. The number of nitrogens with zero attached hydrogens (tertiary/aromatic N) is 2. The van der Waals surface area contributed by atoms with Gasteiger partial charge in [-0.3, -0.25) is 14.6 Å². The van der Waals surface area contributed by atoms with E-state index >= 15 is 0 Å². The fourth-order valence-electron chi connectivity index (χ4n) is 8.35. The quantitative estimate of drug-likeness (QED) is 0.774. The topological polar surface area (TPSA) is 96.4 Å². The highest BCUT2D eigenvalue weighted by molar-refractivity contribution is 6.08. The monoisotopic (exact) mass is 426 g/mol. The number of benzene rings is 1. The highest BCUT2D eigenvalue weighted by atomic mass is 16.5. The molecular weight excluding hydrogens is 400 g/mol. The molecule has 6 rings (SSSR count). The van der Waals surface area contributed by atoms with Crippen molar-refractivity contribution in [3.63, 3.8) is 0 Å².